The Kier molecular flexibility index (Phi) is 8.75. The zero-order valence-electron chi connectivity index (χ0n) is 35.9. The van der Waals surface area contributed by atoms with Crippen molar-refractivity contribution in [3.63, 3.8) is 0 Å². The Balaban J connectivity index is 0.974. The zero-order chi connectivity index (χ0) is 43.0. The molecule has 2 aromatic heterocycles. The first-order valence-electron chi connectivity index (χ1n) is 22.7. The summed E-state index contributed by atoms with van der Waals surface area (Å²) in [4.78, 5) is 0. The number of benzene rings is 10. The SMILES string of the molecule is C/C1=C(\c2cccc3oc4ccccc4c23)NC(c2ccc(-c3cccc4oc5c(-c6ccc7ccccc7c6)cccc5c34)c3ccccc23)NC(c2ccc3ccccc3c2)CC1. The van der Waals surface area contributed by atoms with Crippen molar-refractivity contribution in [1.82, 2.24) is 10.6 Å². The summed E-state index contributed by atoms with van der Waals surface area (Å²) in [6, 6.07) is 72.3. The summed E-state index contributed by atoms with van der Waals surface area (Å²) >= 11 is 0. The minimum Gasteiger partial charge on any atom is -0.456 e. The van der Waals surface area contributed by atoms with Crippen LogP contribution >= 0.6 is 0 Å². The third kappa shape index (κ3) is 6.24. The summed E-state index contributed by atoms with van der Waals surface area (Å²) in [5.41, 5.74) is 14.2. The summed E-state index contributed by atoms with van der Waals surface area (Å²) < 4.78 is 13.3. The van der Waals surface area contributed by atoms with E-state index >= 15 is 0 Å². The van der Waals surface area contributed by atoms with Gasteiger partial charge in [0.2, 0.25) is 0 Å². The average molecular weight is 837 g/mol. The molecular weight excluding hydrogens is 793 g/mol. The molecule has 1 aliphatic heterocycles. The van der Waals surface area contributed by atoms with Gasteiger partial charge < -0.3 is 14.2 Å². The maximum Gasteiger partial charge on any atom is 0.143 e. The first kappa shape index (κ1) is 37.6. The van der Waals surface area contributed by atoms with Crippen molar-refractivity contribution in [3.05, 3.63) is 222 Å². The number of fused-ring (bicyclic) bond motifs is 9. The second kappa shape index (κ2) is 15.1. The molecule has 3 heterocycles. The van der Waals surface area contributed by atoms with Crippen molar-refractivity contribution >= 4 is 81.9 Å². The molecule has 12 aromatic rings. The van der Waals surface area contributed by atoms with Crippen LogP contribution in [0.25, 0.3) is 104 Å². The van der Waals surface area contributed by atoms with Crippen LogP contribution in [0.15, 0.2) is 215 Å². The highest BCUT2D eigenvalue weighted by atomic mass is 16.3. The van der Waals surface area contributed by atoms with E-state index in [0.29, 0.717) is 0 Å². The summed E-state index contributed by atoms with van der Waals surface area (Å²) in [5, 5.41) is 20.2. The quantitative estimate of drug-likeness (QED) is 0.181. The molecule has 0 radical (unpaired) electrons. The lowest BCUT2D eigenvalue weighted by molar-refractivity contribution is 0.395. The molecule has 0 aliphatic carbocycles. The fraction of sp³-hybridized carbons (Fsp3) is 0.0820. The molecule has 0 fully saturated rings. The lowest BCUT2D eigenvalue weighted by Crippen LogP contribution is -2.38. The summed E-state index contributed by atoms with van der Waals surface area (Å²) in [5.74, 6) is 0. The Morgan fingerprint density at radius 2 is 1.06 bits per heavy atom. The van der Waals surface area contributed by atoms with Gasteiger partial charge in [-0.25, -0.2) is 0 Å². The molecule has 0 saturated heterocycles. The standard InChI is InChI=1S/C61H44N2O2/c1-37-27-34-53(43-31-29-39-14-3-5-16-41(39)36-43)62-61(63-59(37)51-22-12-25-55-58(51)50-19-8-9-24-54(50)64-55)49-33-32-47(45-17-6-7-18-46(45)49)48-21-11-26-56-57(48)52-23-10-20-44(60(52)65-56)42-30-28-38-13-2-4-15-40(38)35-42/h2-26,28-33,35-36,53,61-63H,27,34H2,1H3/b59-37-. The topological polar surface area (TPSA) is 50.3 Å². The molecular formula is C61H44N2O2. The van der Waals surface area contributed by atoms with E-state index in [1.54, 1.807) is 0 Å². The molecule has 13 rings (SSSR count). The van der Waals surface area contributed by atoms with Crippen molar-refractivity contribution in [2.24, 2.45) is 0 Å². The number of hydrogen-bond acceptors (Lipinski definition) is 4. The Morgan fingerprint density at radius 3 is 1.89 bits per heavy atom. The average Bonchev–Trinajstić information content (AvgIpc) is 3.94. The molecule has 310 valence electrons. The Morgan fingerprint density at radius 1 is 0.446 bits per heavy atom. The Hall–Kier alpha value is -7.92. The van der Waals surface area contributed by atoms with E-state index < -0.39 is 0 Å². The normalized spacial score (nSPS) is 17.1. The largest absolute Gasteiger partial charge is 0.456 e. The van der Waals surface area contributed by atoms with Gasteiger partial charge in [0, 0.05) is 44.4 Å². The van der Waals surface area contributed by atoms with E-state index in [0.717, 1.165) is 84.7 Å². The molecule has 1 aliphatic rings. The predicted octanol–water partition coefficient (Wildman–Crippen LogP) is 16.4. The van der Waals surface area contributed by atoms with Gasteiger partial charge in [0.15, 0.2) is 0 Å². The van der Waals surface area contributed by atoms with Crippen LogP contribution in [0.2, 0.25) is 0 Å². The van der Waals surface area contributed by atoms with E-state index in [1.165, 1.54) is 54.6 Å². The molecule has 0 saturated carbocycles. The monoisotopic (exact) mass is 836 g/mol. The Labute approximate surface area is 376 Å². The van der Waals surface area contributed by atoms with Crippen molar-refractivity contribution < 1.29 is 8.83 Å². The van der Waals surface area contributed by atoms with Gasteiger partial charge in [-0.15, -0.1) is 0 Å². The Bertz CT molecular complexity index is 3890. The van der Waals surface area contributed by atoms with Gasteiger partial charge in [0.05, 0.1) is 0 Å². The summed E-state index contributed by atoms with van der Waals surface area (Å²) in [6.07, 6.45) is 1.64. The maximum absolute atomic E-state index is 6.83. The molecule has 0 spiro atoms. The number of para-hydroxylation sites is 2. The number of rotatable bonds is 5. The second-order valence-corrected chi connectivity index (χ2v) is 17.6. The van der Waals surface area contributed by atoms with Crippen LogP contribution in [0.4, 0.5) is 0 Å². The van der Waals surface area contributed by atoms with Crippen LogP contribution in [0, 0.1) is 0 Å². The molecule has 2 unspecified atom stereocenters. The van der Waals surface area contributed by atoms with Gasteiger partial charge in [0.25, 0.3) is 0 Å². The summed E-state index contributed by atoms with van der Waals surface area (Å²) in [7, 11) is 0. The second-order valence-electron chi connectivity index (χ2n) is 17.6. The molecule has 65 heavy (non-hydrogen) atoms. The zero-order valence-corrected chi connectivity index (χ0v) is 35.9. The van der Waals surface area contributed by atoms with Crippen molar-refractivity contribution in [2.75, 3.05) is 0 Å². The number of hydrogen-bond donors (Lipinski definition) is 2. The van der Waals surface area contributed by atoms with Gasteiger partial charge in [-0.3, -0.25) is 5.32 Å². The molecule has 2 N–H and O–H groups in total. The van der Waals surface area contributed by atoms with Crippen molar-refractivity contribution in [3.8, 4) is 22.3 Å². The molecule has 0 bridgehead atoms. The lowest BCUT2D eigenvalue weighted by atomic mass is 9.89. The van der Waals surface area contributed by atoms with Gasteiger partial charge in [-0.1, -0.05) is 170 Å². The third-order valence-corrected chi connectivity index (χ3v) is 13.9. The van der Waals surface area contributed by atoms with E-state index in [9.17, 15) is 0 Å². The predicted molar refractivity (Wildman–Crippen MR) is 271 cm³/mol. The van der Waals surface area contributed by atoms with Crippen LogP contribution in [-0.4, -0.2) is 0 Å². The first-order valence-corrected chi connectivity index (χ1v) is 22.7. The van der Waals surface area contributed by atoms with Gasteiger partial charge >= 0.3 is 0 Å². The van der Waals surface area contributed by atoms with Gasteiger partial charge in [0.1, 0.15) is 28.5 Å². The molecule has 10 aromatic carbocycles. The highest BCUT2D eigenvalue weighted by Crippen LogP contribution is 2.45. The number of nitrogens with one attached hydrogen (secondary N) is 2. The molecule has 2 atom stereocenters. The third-order valence-electron chi connectivity index (χ3n) is 13.9. The molecule has 4 heteroatoms. The van der Waals surface area contributed by atoms with Crippen LogP contribution in [0.5, 0.6) is 0 Å². The van der Waals surface area contributed by atoms with Gasteiger partial charge in [-0.2, -0.15) is 0 Å². The van der Waals surface area contributed by atoms with Crippen molar-refractivity contribution in [1.29, 1.82) is 0 Å². The number of allylic oxidation sites excluding steroid dienone is 1. The smallest absolute Gasteiger partial charge is 0.143 e. The van der Waals surface area contributed by atoms with E-state index in [-0.39, 0.29) is 12.2 Å². The molecule has 4 nitrogen and oxygen atoms in total. The van der Waals surface area contributed by atoms with Crippen LogP contribution < -0.4 is 10.6 Å². The first-order chi connectivity index (χ1) is 32.1. The van der Waals surface area contributed by atoms with E-state index in [2.05, 4.69) is 212 Å². The van der Waals surface area contributed by atoms with Crippen LogP contribution in [-0.2, 0) is 0 Å². The minimum atomic E-state index is -0.237. The highest BCUT2D eigenvalue weighted by molar-refractivity contribution is 6.18. The summed E-state index contributed by atoms with van der Waals surface area (Å²) in [6.45, 7) is 2.30. The van der Waals surface area contributed by atoms with Crippen molar-refractivity contribution in [2.45, 2.75) is 32.0 Å². The van der Waals surface area contributed by atoms with Gasteiger partial charge in [-0.05, 0) is 116 Å². The lowest BCUT2D eigenvalue weighted by Gasteiger charge is -2.34. The maximum atomic E-state index is 6.83. The van der Waals surface area contributed by atoms with Crippen LogP contribution in [0.1, 0.15) is 48.7 Å². The fourth-order valence-electron chi connectivity index (χ4n) is 10.7. The molecule has 0 amide bonds. The fourth-order valence-corrected chi connectivity index (χ4v) is 10.7. The minimum absolute atomic E-state index is 0.0976. The van der Waals surface area contributed by atoms with Crippen LogP contribution in [0.3, 0.4) is 0 Å². The number of furan rings is 2. The van der Waals surface area contributed by atoms with E-state index in [1.807, 2.05) is 6.07 Å². The van der Waals surface area contributed by atoms with E-state index in [4.69, 9.17) is 8.83 Å². The highest BCUT2D eigenvalue weighted by Gasteiger charge is 2.28.